The van der Waals surface area contributed by atoms with Crippen LogP contribution < -0.4 is 5.32 Å². The van der Waals surface area contributed by atoms with E-state index >= 15 is 0 Å². The number of halogens is 1. The molecule has 1 aromatic carbocycles. The van der Waals surface area contributed by atoms with Gasteiger partial charge in [0.1, 0.15) is 5.82 Å². The summed E-state index contributed by atoms with van der Waals surface area (Å²) in [4.78, 5) is 4.46. The molecule has 102 valence electrons. The number of benzene rings is 1. The summed E-state index contributed by atoms with van der Waals surface area (Å²) in [6.07, 6.45) is 2.00. The largest absolute Gasteiger partial charge is 0.349 e. The molecule has 1 N–H and O–H groups in total. The van der Waals surface area contributed by atoms with Crippen LogP contribution >= 0.6 is 0 Å². The zero-order valence-corrected chi connectivity index (χ0v) is 11.8. The third-order valence-electron chi connectivity index (χ3n) is 3.13. The van der Waals surface area contributed by atoms with Crippen LogP contribution in [0.15, 0.2) is 30.5 Å². The predicted octanol–water partition coefficient (Wildman–Crippen LogP) is 4.08. The summed E-state index contributed by atoms with van der Waals surface area (Å²) in [7, 11) is 0. The SMILES string of the molecule is Cc1cn(C(C)C)c(NC(C)c2ccccc2F)n1. The van der Waals surface area contributed by atoms with Gasteiger partial charge in [0.2, 0.25) is 5.95 Å². The highest BCUT2D eigenvalue weighted by Gasteiger charge is 2.14. The Bertz CT molecular complexity index is 560. The number of nitrogens with one attached hydrogen (secondary N) is 1. The van der Waals surface area contributed by atoms with Crippen molar-refractivity contribution >= 4 is 5.95 Å². The first-order valence-electron chi connectivity index (χ1n) is 6.55. The molecule has 1 unspecified atom stereocenters. The molecule has 0 bridgehead atoms. The Labute approximate surface area is 113 Å². The van der Waals surface area contributed by atoms with E-state index in [9.17, 15) is 4.39 Å². The fourth-order valence-corrected chi connectivity index (χ4v) is 2.11. The van der Waals surface area contributed by atoms with Crippen molar-refractivity contribution in [2.75, 3.05) is 5.32 Å². The van der Waals surface area contributed by atoms with Crippen LogP contribution in [-0.4, -0.2) is 9.55 Å². The zero-order chi connectivity index (χ0) is 14.0. The normalized spacial score (nSPS) is 12.7. The second-order valence-electron chi connectivity index (χ2n) is 5.09. The molecule has 0 saturated carbocycles. The van der Waals surface area contributed by atoms with Gasteiger partial charge in [-0.3, -0.25) is 0 Å². The molecule has 0 aliphatic heterocycles. The molecule has 0 saturated heterocycles. The van der Waals surface area contributed by atoms with Gasteiger partial charge < -0.3 is 9.88 Å². The number of aryl methyl sites for hydroxylation is 1. The molecule has 0 radical (unpaired) electrons. The van der Waals surface area contributed by atoms with Crippen LogP contribution in [0.25, 0.3) is 0 Å². The van der Waals surface area contributed by atoms with Crippen LogP contribution in [0.3, 0.4) is 0 Å². The van der Waals surface area contributed by atoms with Crippen molar-refractivity contribution in [3.8, 4) is 0 Å². The van der Waals surface area contributed by atoms with Crippen molar-refractivity contribution in [3.63, 3.8) is 0 Å². The highest BCUT2D eigenvalue weighted by Crippen LogP contribution is 2.23. The molecule has 19 heavy (non-hydrogen) atoms. The number of hydrogen-bond donors (Lipinski definition) is 1. The maximum absolute atomic E-state index is 13.7. The van der Waals surface area contributed by atoms with E-state index in [1.807, 2.05) is 26.1 Å². The van der Waals surface area contributed by atoms with Crippen molar-refractivity contribution in [1.29, 1.82) is 0 Å². The summed E-state index contributed by atoms with van der Waals surface area (Å²) >= 11 is 0. The molecule has 2 rings (SSSR count). The van der Waals surface area contributed by atoms with Gasteiger partial charge in [0, 0.05) is 17.8 Å². The summed E-state index contributed by atoms with van der Waals surface area (Å²) in [5.74, 6) is 0.588. The second-order valence-corrected chi connectivity index (χ2v) is 5.09. The lowest BCUT2D eigenvalue weighted by Gasteiger charge is -2.18. The highest BCUT2D eigenvalue weighted by molar-refractivity contribution is 5.35. The number of anilines is 1. The minimum Gasteiger partial charge on any atom is -0.349 e. The van der Waals surface area contributed by atoms with Gasteiger partial charge in [-0.1, -0.05) is 18.2 Å². The Balaban J connectivity index is 2.24. The summed E-state index contributed by atoms with van der Waals surface area (Å²) in [6, 6.07) is 7.01. The Morgan fingerprint density at radius 2 is 1.89 bits per heavy atom. The topological polar surface area (TPSA) is 29.9 Å². The van der Waals surface area contributed by atoms with Crippen molar-refractivity contribution in [3.05, 3.63) is 47.5 Å². The standard InChI is InChI=1S/C15H20FN3/c1-10(2)19-9-11(3)17-15(19)18-12(4)13-7-5-6-8-14(13)16/h5-10,12H,1-4H3,(H,17,18). The van der Waals surface area contributed by atoms with E-state index in [1.54, 1.807) is 12.1 Å². The molecule has 0 aliphatic carbocycles. The van der Waals surface area contributed by atoms with Crippen LogP contribution in [-0.2, 0) is 0 Å². The number of hydrogen-bond acceptors (Lipinski definition) is 2. The van der Waals surface area contributed by atoms with E-state index in [4.69, 9.17) is 0 Å². The van der Waals surface area contributed by atoms with E-state index in [-0.39, 0.29) is 11.9 Å². The van der Waals surface area contributed by atoms with Gasteiger partial charge in [0.15, 0.2) is 0 Å². The van der Waals surface area contributed by atoms with E-state index in [2.05, 4.69) is 28.7 Å². The minimum atomic E-state index is -0.193. The Morgan fingerprint density at radius 3 is 2.53 bits per heavy atom. The lowest BCUT2D eigenvalue weighted by Crippen LogP contribution is -2.13. The maximum Gasteiger partial charge on any atom is 0.203 e. The van der Waals surface area contributed by atoms with Crippen LogP contribution in [0.2, 0.25) is 0 Å². The van der Waals surface area contributed by atoms with Gasteiger partial charge in [0.25, 0.3) is 0 Å². The number of rotatable bonds is 4. The average molecular weight is 261 g/mol. The molecule has 1 atom stereocenters. The van der Waals surface area contributed by atoms with E-state index in [0.29, 0.717) is 11.6 Å². The predicted molar refractivity (Wildman–Crippen MR) is 75.8 cm³/mol. The van der Waals surface area contributed by atoms with Crippen LogP contribution in [0, 0.1) is 12.7 Å². The van der Waals surface area contributed by atoms with Gasteiger partial charge in [-0.05, 0) is 33.8 Å². The van der Waals surface area contributed by atoms with Gasteiger partial charge in [-0.25, -0.2) is 9.37 Å². The van der Waals surface area contributed by atoms with Crippen molar-refractivity contribution in [2.45, 2.75) is 39.8 Å². The average Bonchev–Trinajstić information content (AvgIpc) is 2.70. The second kappa shape index (κ2) is 5.43. The fourth-order valence-electron chi connectivity index (χ4n) is 2.11. The molecule has 0 fully saturated rings. The van der Waals surface area contributed by atoms with Crippen molar-refractivity contribution < 1.29 is 4.39 Å². The Kier molecular flexibility index (Phi) is 3.88. The third-order valence-corrected chi connectivity index (χ3v) is 3.13. The fraction of sp³-hybridized carbons (Fsp3) is 0.400. The number of imidazole rings is 1. The molecule has 0 spiro atoms. The van der Waals surface area contributed by atoms with Crippen molar-refractivity contribution in [2.24, 2.45) is 0 Å². The zero-order valence-electron chi connectivity index (χ0n) is 11.8. The quantitative estimate of drug-likeness (QED) is 0.898. The molecular formula is C15H20FN3. The molecule has 1 heterocycles. The molecular weight excluding hydrogens is 241 g/mol. The smallest absolute Gasteiger partial charge is 0.203 e. The summed E-state index contributed by atoms with van der Waals surface area (Å²) in [6.45, 7) is 8.09. The first-order valence-corrected chi connectivity index (χ1v) is 6.55. The minimum absolute atomic E-state index is 0.125. The van der Waals surface area contributed by atoms with Gasteiger partial charge >= 0.3 is 0 Å². The maximum atomic E-state index is 13.7. The highest BCUT2D eigenvalue weighted by atomic mass is 19.1. The summed E-state index contributed by atoms with van der Waals surface area (Å²) in [5.41, 5.74) is 1.61. The Morgan fingerprint density at radius 1 is 1.21 bits per heavy atom. The number of aromatic nitrogens is 2. The molecule has 4 heteroatoms. The monoisotopic (exact) mass is 261 g/mol. The van der Waals surface area contributed by atoms with Gasteiger partial charge in [-0.15, -0.1) is 0 Å². The molecule has 3 nitrogen and oxygen atoms in total. The molecule has 0 aliphatic rings. The van der Waals surface area contributed by atoms with E-state index in [1.165, 1.54) is 6.07 Å². The molecule has 1 aromatic heterocycles. The molecule has 2 aromatic rings. The van der Waals surface area contributed by atoms with Crippen LogP contribution in [0.4, 0.5) is 10.3 Å². The lowest BCUT2D eigenvalue weighted by molar-refractivity contribution is 0.586. The lowest BCUT2D eigenvalue weighted by atomic mass is 10.1. The van der Waals surface area contributed by atoms with Crippen LogP contribution in [0.5, 0.6) is 0 Å². The van der Waals surface area contributed by atoms with Gasteiger partial charge in [0.05, 0.1) is 11.7 Å². The van der Waals surface area contributed by atoms with Crippen molar-refractivity contribution in [1.82, 2.24) is 9.55 Å². The molecule has 0 amide bonds. The number of nitrogens with zero attached hydrogens (tertiary/aromatic N) is 2. The Hall–Kier alpha value is -1.84. The third kappa shape index (κ3) is 2.95. The summed E-state index contributed by atoms with van der Waals surface area (Å²) in [5, 5.41) is 3.28. The van der Waals surface area contributed by atoms with Gasteiger partial charge in [-0.2, -0.15) is 0 Å². The van der Waals surface area contributed by atoms with E-state index < -0.39 is 0 Å². The van der Waals surface area contributed by atoms with E-state index in [0.717, 1.165) is 11.6 Å². The first kappa shape index (κ1) is 13.6. The first-order chi connectivity index (χ1) is 8.99. The summed E-state index contributed by atoms with van der Waals surface area (Å²) < 4.78 is 15.8. The van der Waals surface area contributed by atoms with Crippen LogP contribution in [0.1, 0.15) is 44.1 Å².